The van der Waals surface area contributed by atoms with Gasteiger partial charge in [0.2, 0.25) is 0 Å². The third-order valence-corrected chi connectivity index (χ3v) is 3.81. The third-order valence-electron chi connectivity index (χ3n) is 3.81. The number of halogens is 1. The van der Waals surface area contributed by atoms with Crippen LogP contribution in [0.5, 0.6) is 0 Å². The lowest BCUT2D eigenvalue weighted by molar-refractivity contribution is 0.140. The van der Waals surface area contributed by atoms with E-state index in [0.29, 0.717) is 5.92 Å². The second kappa shape index (κ2) is 14.2. The third kappa shape index (κ3) is 11.1. The molecule has 2 N–H and O–H groups in total. The summed E-state index contributed by atoms with van der Waals surface area (Å²) in [5, 5.41) is 6.60. The zero-order chi connectivity index (χ0) is 16.2. The first-order valence-corrected chi connectivity index (χ1v) is 8.66. The van der Waals surface area contributed by atoms with Gasteiger partial charge in [-0.2, -0.15) is 0 Å². The molecule has 0 aliphatic carbocycles. The van der Waals surface area contributed by atoms with Crippen molar-refractivity contribution < 1.29 is 4.74 Å². The van der Waals surface area contributed by atoms with Gasteiger partial charge in [-0.1, -0.05) is 6.92 Å². The first-order valence-electron chi connectivity index (χ1n) is 8.66. The molecule has 7 heteroatoms. The molecule has 1 aliphatic rings. The van der Waals surface area contributed by atoms with Crippen LogP contribution in [0, 0.1) is 5.92 Å². The van der Waals surface area contributed by atoms with E-state index in [1.54, 1.807) is 0 Å². The number of nitrogens with zero attached hydrogens (tertiary/aromatic N) is 3. The fourth-order valence-corrected chi connectivity index (χ4v) is 2.50. The Bertz CT molecular complexity index is 309. The molecule has 0 aromatic heterocycles. The van der Waals surface area contributed by atoms with E-state index in [1.165, 1.54) is 26.2 Å². The minimum absolute atomic E-state index is 0. The lowest BCUT2D eigenvalue weighted by Crippen LogP contribution is -2.46. The molecule has 1 unspecified atom stereocenters. The van der Waals surface area contributed by atoms with E-state index < -0.39 is 0 Å². The smallest absolute Gasteiger partial charge is 0.191 e. The van der Waals surface area contributed by atoms with Gasteiger partial charge in [0.1, 0.15) is 0 Å². The fraction of sp³-hybridized carbons (Fsp3) is 0.938. The topological polar surface area (TPSA) is 52.1 Å². The summed E-state index contributed by atoms with van der Waals surface area (Å²) in [4.78, 5) is 9.64. The molecule has 1 rings (SSSR count). The normalized spacial score (nSPS) is 18.3. The predicted octanol–water partition coefficient (Wildman–Crippen LogP) is 1.08. The van der Waals surface area contributed by atoms with Crippen LogP contribution in [0.25, 0.3) is 0 Å². The van der Waals surface area contributed by atoms with Crippen molar-refractivity contribution in [3.63, 3.8) is 0 Å². The molecule has 0 aromatic rings. The van der Waals surface area contributed by atoms with Crippen LogP contribution in [0.4, 0.5) is 0 Å². The van der Waals surface area contributed by atoms with E-state index >= 15 is 0 Å². The molecule has 138 valence electrons. The number of aliphatic imine (C=N–C) groups is 1. The maximum absolute atomic E-state index is 5.34. The van der Waals surface area contributed by atoms with Gasteiger partial charge in [0.05, 0.1) is 6.61 Å². The average molecular weight is 441 g/mol. The Kier molecular flexibility index (Phi) is 14.2. The summed E-state index contributed by atoms with van der Waals surface area (Å²) < 4.78 is 5.34. The Morgan fingerprint density at radius 1 is 1.17 bits per heavy atom. The maximum Gasteiger partial charge on any atom is 0.191 e. The van der Waals surface area contributed by atoms with Crippen LogP contribution in [0.15, 0.2) is 4.99 Å². The van der Waals surface area contributed by atoms with Gasteiger partial charge in [-0.3, -0.25) is 4.99 Å². The molecule has 0 spiro atoms. The van der Waals surface area contributed by atoms with Crippen molar-refractivity contribution in [3.8, 4) is 0 Å². The summed E-state index contributed by atoms with van der Waals surface area (Å²) in [6.45, 7) is 16.3. The van der Waals surface area contributed by atoms with Gasteiger partial charge in [-0.05, 0) is 26.8 Å². The van der Waals surface area contributed by atoms with E-state index in [1.807, 2.05) is 6.92 Å². The number of ether oxygens (including phenoxy) is 1. The lowest BCUT2D eigenvalue weighted by atomic mass is 10.1. The monoisotopic (exact) mass is 441 g/mol. The predicted molar refractivity (Wildman–Crippen MR) is 109 cm³/mol. The standard InChI is InChI=1S/C16H35N5O.HI/c1-5-17-16(18-7-12-22-6-2)19-13-15(3)14-21-10-8-20(4)9-11-21;/h15H,5-14H2,1-4H3,(H2,17,18,19);1H. The zero-order valence-corrected chi connectivity index (χ0v) is 17.6. The van der Waals surface area contributed by atoms with E-state index in [-0.39, 0.29) is 24.0 Å². The van der Waals surface area contributed by atoms with Crippen LogP contribution >= 0.6 is 24.0 Å². The Labute approximate surface area is 159 Å². The number of guanidine groups is 1. The van der Waals surface area contributed by atoms with Gasteiger partial charge in [0.15, 0.2) is 5.96 Å². The molecule has 0 saturated carbocycles. The minimum atomic E-state index is 0. The van der Waals surface area contributed by atoms with E-state index in [2.05, 4.69) is 41.3 Å². The van der Waals surface area contributed by atoms with Crippen LogP contribution < -0.4 is 10.6 Å². The second-order valence-corrected chi connectivity index (χ2v) is 6.05. The maximum atomic E-state index is 5.34. The lowest BCUT2D eigenvalue weighted by Gasteiger charge is -2.33. The van der Waals surface area contributed by atoms with E-state index in [9.17, 15) is 0 Å². The number of hydrogen-bond acceptors (Lipinski definition) is 4. The van der Waals surface area contributed by atoms with Gasteiger partial charge in [-0.15, -0.1) is 24.0 Å². The van der Waals surface area contributed by atoms with Gasteiger partial charge in [0.25, 0.3) is 0 Å². The SMILES string of the molecule is CCNC(=NCC(C)CN1CCN(C)CC1)NCCOCC.I. The highest BCUT2D eigenvalue weighted by atomic mass is 127. The zero-order valence-electron chi connectivity index (χ0n) is 15.3. The summed E-state index contributed by atoms with van der Waals surface area (Å²) in [6.07, 6.45) is 0. The van der Waals surface area contributed by atoms with Crippen molar-refractivity contribution in [3.05, 3.63) is 0 Å². The molecular weight excluding hydrogens is 405 g/mol. The van der Waals surface area contributed by atoms with E-state index in [4.69, 9.17) is 9.73 Å². The Hall–Kier alpha value is -0.120. The van der Waals surface area contributed by atoms with Crippen LogP contribution in [0.3, 0.4) is 0 Å². The summed E-state index contributed by atoms with van der Waals surface area (Å²) in [7, 11) is 2.20. The molecule has 1 heterocycles. The molecule has 1 saturated heterocycles. The van der Waals surface area contributed by atoms with Gasteiger partial charge >= 0.3 is 0 Å². The molecule has 0 amide bonds. The largest absolute Gasteiger partial charge is 0.380 e. The van der Waals surface area contributed by atoms with Crippen molar-refractivity contribution in [1.82, 2.24) is 20.4 Å². The van der Waals surface area contributed by atoms with Crippen molar-refractivity contribution in [2.45, 2.75) is 20.8 Å². The van der Waals surface area contributed by atoms with Crippen LogP contribution in [0.1, 0.15) is 20.8 Å². The first-order chi connectivity index (χ1) is 10.7. The summed E-state index contributed by atoms with van der Waals surface area (Å²) in [5.41, 5.74) is 0. The Balaban J connectivity index is 0.00000484. The first kappa shape index (κ1) is 22.9. The van der Waals surface area contributed by atoms with Crippen LogP contribution in [0.2, 0.25) is 0 Å². The number of hydrogen-bond donors (Lipinski definition) is 2. The highest BCUT2D eigenvalue weighted by molar-refractivity contribution is 14.0. The molecule has 0 aromatic carbocycles. The van der Waals surface area contributed by atoms with Crippen molar-refractivity contribution in [2.24, 2.45) is 10.9 Å². The fourth-order valence-electron chi connectivity index (χ4n) is 2.50. The number of rotatable bonds is 9. The van der Waals surface area contributed by atoms with Gasteiger partial charge < -0.3 is 25.2 Å². The summed E-state index contributed by atoms with van der Waals surface area (Å²) in [5.74, 6) is 1.47. The average Bonchev–Trinajstić information content (AvgIpc) is 2.51. The Morgan fingerprint density at radius 2 is 1.87 bits per heavy atom. The van der Waals surface area contributed by atoms with Crippen molar-refractivity contribution >= 4 is 29.9 Å². The highest BCUT2D eigenvalue weighted by Gasteiger charge is 2.15. The molecule has 1 aliphatic heterocycles. The molecule has 0 bridgehead atoms. The van der Waals surface area contributed by atoms with Crippen LogP contribution in [-0.2, 0) is 4.74 Å². The summed E-state index contributed by atoms with van der Waals surface area (Å²) >= 11 is 0. The molecule has 6 nitrogen and oxygen atoms in total. The molecular formula is C16H36IN5O. The highest BCUT2D eigenvalue weighted by Crippen LogP contribution is 2.04. The van der Waals surface area contributed by atoms with Crippen molar-refractivity contribution in [1.29, 1.82) is 0 Å². The summed E-state index contributed by atoms with van der Waals surface area (Å²) in [6, 6.07) is 0. The van der Waals surface area contributed by atoms with Gasteiger partial charge in [-0.25, -0.2) is 0 Å². The quantitative estimate of drug-likeness (QED) is 0.243. The number of piperazine rings is 1. The minimum Gasteiger partial charge on any atom is -0.380 e. The number of likely N-dealkylation sites (N-methyl/N-ethyl adjacent to an activating group) is 1. The molecule has 1 atom stereocenters. The van der Waals surface area contributed by atoms with Gasteiger partial charge in [0, 0.05) is 59.0 Å². The van der Waals surface area contributed by atoms with Crippen LogP contribution in [-0.4, -0.2) is 88.4 Å². The molecule has 0 radical (unpaired) electrons. The second-order valence-electron chi connectivity index (χ2n) is 6.05. The molecule has 23 heavy (non-hydrogen) atoms. The molecule has 1 fully saturated rings. The van der Waals surface area contributed by atoms with Crippen molar-refractivity contribution in [2.75, 3.05) is 72.6 Å². The Morgan fingerprint density at radius 3 is 2.48 bits per heavy atom. The van der Waals surface area contributed by atoms with E-state index in [0.717, 1.165) is 45.4 Å². The number of nitrogens with one attached hydrogen (secondary N) is 2.